The standard InChI is InChI=1S/C18H13BrN2O4S/c1-11-2-4-12(5-3-11)10-20-17(22)16(26-18(20)23)9-13-6-7-14(19)15(8-13)21(24)25/h2-9H,10H2,1H3/b16-9-. The van der Waals surface area contributed by atoms with Gasteiger partial charge in [0, 0.05) is 6.07 Å². The van der Waals surface area contributed by atoms with Gasteiger partial charge in [0.15, 0.2) is 0 Å². The summed E-state index contributed by atoms with van der Waals surface area (Å²) < 4.78 is 0.354. The van der Waals surface area contributed by atoms with E-state index in [0.29, 0.717) is 10.0 Å². The number of hydrogen-bond donors (Lipinski definition) is 0. The van der Waals surface area contributed by atoms with Gasteiger partial charge in [0.25, 0.3) is 16.8 Å². The lowest BCUT2D eigenvalue weighted by Gasteiger charge is -2.12. The van der Waals surface area contributed by atoms with Crippen LogP contribution in [0.2, 0.25) is 0 Å². The minimum Gasteiger partial charge on any atom is -0.268 e. The molecule has 2 aromatic carbocycles. The Bertz CT molecular complexity index is 941. The van der Waals surface area contributed by atoms with Crippen LogP contribution in [0.1, 0.15) is 16.7 Å². The molecule has 1 saturated heterocycles. The molecule has 1 fully saturated rings. The number of rotatable bonds is 4. The van der Waals surface area contributed by atoms with Crippen molar-refractivity contribution in [3.05, 3.63) is 78.6 Å². The molecule has 0 radical (unpaired) electrons. The van der Waals surface area contributed by atoms with E-state index in [0.717, 1.165) is 22.9 Å². The molecular weight excluding hydrogens is 420 g/mol. The summed E-state index contributed by atoms with van der Waals surface area (Å²) in [7, 11) is 0. The molecule has 3 rings (SSSR count). The van der Waals surface area contributed by atoms with Gasteiger partial charge in [0.05, 0.1) is 20.8 Å². The summed E-state index contributed by atoms with van der Waals surface area (Å²) in [6, 6.07) is 12.1. The van der Waals surface area contributed by atoms with E-state index in [-0.39, 0.29) is 22.4 Å². The van der Waals surface area contributed by atoms with Gasteiger partial charge < -0.3 is 0 Å². The third-order valence-corrected chi connectivity index (χ3v) is 5.38. The van der Waals surface area contributed by atoms with Crippen LogP contribution in [0, 0.1) is 17.0 Å². The molecule has 1 heterocycles. The summed E-state index contributed by atoms with van der Waals surface area (Å²) in [6.07, 6.45) is 1.50. The van der Waals surface area contributed by atoms with Crippen molar-refractivity contribution < 1.29 is 14.5 Å². The fourth-order valence-electron chi connectivity index (χ4n) is 2.42. The zero-order valence-electron chi connectivity index (χ0n) is 13.6. The maximum absolute atomic E-state index is 12.6. The molecule has 0 N–H and O–H groups in total. The number of aryl methyl sites for hydroxylation is 1. The monoisotopic (exact) mass is 432 g/mol. The molecule has 1 aliphatic heterocycles. The van der Waals surface area contributed by atoms with Crippen LogP contribution < -0.4 is 0 Å². The molecule has 0 aliphatic carbocycles. The highest BCUT2D eigenvalue weighted by Crippen LogP contribution is 2.34. The number of hydrogen-bond acceptors (Lipinski definition) is 5. The number of halogens is 1. The topological polar surface area (TPSA) is 80.5 Å². The molecule has 6 nitrogen and oxygen atoms in total. The lowest BCUT2D eigenvalue weighted by Crippen LogP contribution is -2.27. The first-order valence-electron chi connectivity index (χ1n) is 7.60. The molecule has 2 amide bonds. The van der Waals surface area contributed by atoms with Crippen molar-refractivity contribution >= 4 is 50.6 Å². The maximum Gasteiger partial charge on any atom is 0.293 e. The van der Waals surface area contributed by atoms with Crippen LogP contribution >= 0.6 is 27.7 Å². The molecule has 8 heteroatoms. The van der Waals surface area contributed by atoms with E-state index in [1.165, 1.54) is 17.0 Å². The van der Waals surface area contributed by atoms with Gasteiger partial charge in [-0.05, 0) is 57.9 Å². The molecule has 0 aromatic heterocycles. The van der Waals surface area contributed by atoms with Crippen molar-refractivity contribution in [2.24, 2.45) is 0 Å². The van der Waals surface area contributed by atoms with Crippen LogP contribution in [0.25, 0.3) is 6.08 Å². The highest BCUT2D eigenvalue weighted by atomic mass is 79.9. The minimum absolute atomic E-state index is 0.0994. The second kappa shape index (κ2) is 7.43. The Morgan fingerprint density at radius 3 is 2.54 bits per heavy atom. The Labute approximate surface area is 162 Å². The van der Waals surface area contributed by atoms with E-state index < -0.39 is 10.8 Å². The van der Waals surface area contributed by atoms with E-state index in [4.69, 9.17) is 0 Å². The Balaban J connectivity index is 1.84. The largest absolute Gasteiger partial charge is 0.293 e. The van der Waals surface area contributed by atoms with Crippen molar-refractivity contribution in [2.75, 3.05) is 0 Å². The van der Waals surface area contributed by atoms with Gasteiger partial charge >= 0.3 is 0 Å². The molecule has 0 unspecified atom stereocenters. The van der Waals surface area contributed by atoms with Crippen LogP contribution in [0.4, 0.5) is 10.5 Å². The number of nitro benzene ring substituents is 1. The number of nitro groups is 1. The summed E-state index contributed by atoms with van der Waals surface area (Å²) in [5.74, 6) is -0.397. The van der Waals surface area contributed by atoms with E-state index in [2.05, 4.69) is 15.9 Å². The fourth-order valence-corrected chi connectivity index (χ4v) is 3.65. The van der Waals surface area contributed by atoms with Gasteiger partial charge in [-0.15, -0.1) is 0 Å². The molecule has 0 atom stereocenters. The summed E-state index contributed by atoms with van der Waals surface area (Å²) in [5, 5.41) is 10.7. The first kappa shape index (κ1) is 18.3. The minimum atomic E-state index is -0.509. The van der Waals surface area contributed by atoms with Crippen molar-refractivity contribution in [2.45, 2.75) is 13.5 Å². The van der Waals surface area contributed by atoms with Crippen LogP contribution in [0.15, 0.2) is 51.8 Å². The molecule has 0 saturated carbocycles. The molecule has 0 spiro atoms. The van der Waals surface area contributed by atoms with Crippen LogP contribution in [0.3, 0.4) is 0 Å². The Kier molecular flexibility index (Phi) is 5.24. The number of carbonyl (C=O) groups excluding carboxylic acids is 2. The van der Waals surface area contributed by atoms with Crippen molar-refractivity contribution in [1.82, 2.24) is 4.90 Å². The summed E-state index contributed by atoms with van der Waals surface area (Å²) in [6.45, 7) is 2.16. The normalized spacial score (nSPS) is 15.8. The highest BCUT2D eigenvalue weighted by molar-refractivity contribution is 9.10. The predicted octanol–water partition coefficient (Wildman–Crippen LogP) is 4.90. The summed E-state index contributed by atoms with van der Waals surface area (Å²) in [5.41, 5.74) is 2.34. The summed E-state index contributed by atoms with van der Waals surface area (Å²) >= 11 is 3.95. The van der Waals surface area contributed by atoms with Gasteiger partial charge in [-0.3, -0.25) is 24.6 Å². The highest BCUT2D eigenvalue weighted by Gasteiger charge is 2.35. The fraction of sp³-hybridized carbons (Fsp3) is 0.111. The third kappa shape index (κ3) is 3.86. The Morgan fingerprint density at radius 2 is 1.88 bits per heavy atom. The van der Waals surface area contributed by atoms with Crippen molar-refractivity contribution in [3.63, 3.8) is 0 Å². The van der Waals surface area contributed by atoms with Gasteiger partial charge in [-0.1, -0.05) is 35.9 Å². The first-order valence-corrected chi connectivity index (χ1v) is 9.21. The molecule has 0 bridgehead atoms. The zero-order chi connectivity index (χ0) is 18.8. The van der Waals surface area contributed by atoms with Crippen LogP contribution in [0.5, 0.6) is 0 Å². The third-order valence-electron chi connectivity index (χ3n) is 3.80. The van der Waals surface area contributed by atoms with Crippen LogP contribution in [-0.4, -0.2) is 21.0 Å². The van der Waals surface area contributed by atoms with Crippen LogP contribution in [-0.2, 0) is 11.3 Å². The second-order valence-electron chi connectivity index (χ2n) is 5.72. The smallest absolute Gasteiger partial charge is 0.268 e. The maximum atomic E-state index is 12.6. The Morgan fingerprint density at radius 1 is 1.19 bits per heavy atom. The SMILES string of the molecule is Cc1ccc(CN2C(=O)S/C(=C\c3ccc(Br)c([N+](=O)[O-])c3)C2=O)cc1. The molecule has 26 heavy (non-hydrogen) atoms. The second-order valence-corrected chi connectivity index (χ2v) is 7.57. The lowest BCUT2D eigenvalue weighted by molar-refractivity contribution is -0.385. The number of carbonyl (C=O) groups is 2. The van der Waals surface area contributed by atoms with Gasteiger partial charge in [-0.25, -0.2) is 0 Å². The number of amides is 2. The number of benzene rings is 2. The quantitative estimate of drug-likeness (QED) is 0.389. The van der Waals surface area contributed by atoms with E-state index >= 15 is 0 Å². The van der Waals surface area contributed by atoms with Crippen molar-refractivity contribution in [3.8, 4) is 0 Å². The number of imide groups is 1. The summed E-state index contributed by atoms with van der Waals surface area (Å²) in [4.78, 5) is 36.7. The lowest BCUT2D eigenvalue weighted by atomic mass is 10.1. The Hall–Kier alpha value is -2.45. The number of nitrogens with zero attached hydrogens (tertiary/aromatic N) is 2. The van der Waals surface area contributed by atoms with Crippen molar-refractivity contribution in [1.29, 1.82) is 0 Å². The average molecular weight is 433 g/mol. The molecule has 132 valence electrons. The zero-order valence-corrected chi connectivity index (χ0v) is 16.0. The van der Waals surface area contributed by atoms with E-state index in [9.17, 15) is 19.7 Å². The van der Waals surface area contributed by atoms with Gasteiger partial charge in [0.1, 0.15) is 0 Å². The van der Waals surface area contributed by atoms with E-state index in [1.54, 1.807) is 12.1 Å². The molecular formula is C18H13BrN2O4S. The van der Waals surface area contributed by atoms with Gasteiger partial charge in [0.2, 0.25) is 0 Å². The van der Waals surface area contributed by atoms with E-state index in [1.807, 2.05) is 31.2 Å². The average Bonchev–Trinajstić information content (AvgIpc) is 2.85. The predicted molar refractivity (Wildman–Crippen MR) is 103 cm³/mol. The molecule has 1 aliphatic rings. The number of thioether (sulfide) groups is 1. The van der Waals surface area contributed by atoms with Gasteiger partial charge in [-0.2, -0.15) is 0 Å². The first-order chi connectivity index (χ1) is 12.3. The molecule has 2 aromatic rings.